The Morgan fingerprint density at radius 3 is 2.70 bits per heavy atom. The molecule has 2 heteroatoms. The summed E-state index contributed by atoms with van der Waals surface area (Å²) in [6.45, 7) is 7.13. The number of fused-ring (bicyclic) bond motifs is 1. The second-order valence-corrected chi connectivity index (χ2v) is 6.60. The van der Waals surface area contributed by atoms with E-state index < -0.39 is 0 Å². The number of hydrogen-bond donors (Lipinski definition) is 1. The van der Waals surface area contributed by atoms with Crippen molar-refractivity contribution in [2.75, 3.05) is 19.6 Å². The number of likely N-dealkylation sites (tertiary alicyclic amines) is 1. The lowest BCUT2D eigenvalue weighted by Gasteiger charge is -2.29. The standard InChI is InChI=1S/C18H28N2/c1-15(14-20-10-3-2-4-11-20)19-13-16-8-9-17-6-5-7-18(17)12-16/h8-9,12,15,19H,2-7,10-11,13-14H2,1H3. The van der Waals surface area contributed by atoms with Crippen LogP contribution < -0.4 is 5.32 Å². The fraction of sp³-hybridized carbons (Fsp3) is 0.667. The van der Waals surface area contributed by atoms with Gasteiger partial charge in [0.2, 0.25) is 0 Å². The van der Waals surface area contributed by atoms with E-state index >= 15 is 0 Å². The third kappa shape index (κ3) is 3.62. The van der Waals surface area contributed by atoms with Gasteiger partial charge in [-0.15, -0.1) is 0 Å². The molecule has 20 heavy (non-hydrogen) atoms. The molecule has 0 saturated carbocycles. The summed E-state index contributed by atoms with van der Waals surface area (Å²) >= 11 is 0. The molecule has 1 unspecified atom stereocenters. The summed E-state index contributed by atoms with van der Waals surface area (Å²) in [5.41, 5.74) is 4.62. The van der Waals surface area contributed by atoms with Crippen molar-refractivity contribution in [1.82, 2.24) is 10.2 Å². The number of nitrogens with one attached hydrogen (secondary N) is 1. The van der Waals surface area contributed by atoms with Gasteiger partial charge >= 0.3 is 0 Å². The predicted molar refractivity (Wildman–Crippen MR) is 85.1 cm³/mol. The van der Waals surface area contributed by atoms with Crippen LogP contribution in [-0.2, 0) is 19.4 Å². The molecular weight excluding hydrogens is 244 g/mol. The number of piperidine rings is 1. The third-order valence-corrected chi connectivity index (χ3v) is 4.80. The van der Waals surface area contributed by atoms with Gasteiger partial charge in [-0.05, 0) is 68.8 Å². The molecule has 0 amide bonds. The fourth-order valence-corrected chi connectivity index (χ4v) is 3.62. The predicted octanol–water partition coefficient (Wildman–Crippen LogP) is 3.14. The maximum Gasteiger partial charge on any atom is 0.0208 e. The van der Waals surface area contributed by atoms with Gasteiger partial charge in [0, 0.05) is 19.1 Å². The summed E-state index contributed by atoms with van der Waals surface area (Å²) in [6, 6.07) is 7.66. The molecule has 1 fully saturated rings. The van der Waals surface area contributed by atoms with Gasteiger partial charge in [-0.25, -0.2) is 0 Å². The first kappa shape index (κ1) is 14.1. The number of rotatable bonds is 5. The van der Waals surface area contributed by atoms with Crippen LogP contribution in [-0.4, -0.2) is 30.6 Å². The number of benzene rings is 1. The molecule has 1 aliphatic carbocycles. The van der Waals surface area contributed by atoms with Gasteiger partial charge in [0.05, 0.1) is 0 Å². The Hall–Kier alpha value is -0.860. The molecule has 0 bridgehead atoms. The van der Waals surface area contributed by atoms with Crippen molar-refractivity contribution in [2.24, 2.45) is 0 Å². The highest BCUT2D eigenvalue weighted by Gasteiger charge is 2.14. The summed E-state index contributed by atoms with van der Waals surface area (Å²) in [5.74, 6) is 0. The maximum absolute atomic E-state index is 3.70. The van der Waals surface area contributed by atoms with Crippen LogP contribution >= 0.6 is 0 Å². The molecule has 1 aliphatic heterocycles. The van der Waals surface area contributed by atoms with E-state index in [9.17, 15) is 0 Å². The SMILES string of the molecule is CC(CN1CCCCC1)NCc1ccc2c(c1)CCC2. The summed E-state index contributed by atoms with van der Waals surface area (Å²) in [4.78, 5) is 2.61. The molecule has 1 saturated heterocycles. The Morgan fingerprint density at radius 2 is 1.85 bits per heavy atom. The normalized spacial score (nSPS) is 20.9. The van der Waals surface area contributed by atoms with Crippen molar-refractivity contribution < 1.29 is 0 Å². The lowest BCUT2D eigenvalue weighted by Crippen LogP contribution is -2.41. The fourth-order valence-electron chi connectivity index (χ4n) is 3.62. The molecule has 1 atom stereocenters. The summed E-state index contributed by atoms with van der Waals surface area (Å²) < 4.78 is 0. The average Bonchev–Trinajstić information content (AvgIpc) is 2.93. The zero-order chi connectivity index (χ0) is 13.8. The summed E-state index contributed by atoms with van der Waals surface area (Å²) in [7, 11) is 0. The Morgan fingerprint density at radius 1 is 1.05 bits per heavy atom. The van der Waals surface area contributed by atoms with Crippen molar-refractivity contribution >= 4 is 0 Å². The lowest BCUT2D eigenvalue weighted by molar-refractivity contribution is 0.209. The summed E-state index contributed by atoms with van der Waals surface area (Å²) in [6.07, 6.45) is 8.11. The lowest BCUT2D eigenvalue weighted by atomic mass is 10.1. The van der Waals surface area contributed by atoms with Crippen molar-refractivity contribution in [3.05, 3.63) is 34.9 Å². The number of aryl methyl sites for hydroxylation is 2. The van der Waals surface area contributed by atoms with Crippen LogP contribution in [0, 0.1) is 0 Å². The molecule has 0 radical (unpaired) electrons. The minimum atomic E-state index is 0.585. The Kier molecular flexibility index (Phi) is 4.74. The quantitative estimate of drug-likeness (QED) is 0.886. The van der Waals surface area contributed by atoms with E-state index in [1.54, 1.807) is 11.1 Å². The molecule has 0 spiro atoms. The van der Waals surface area contributed by atoms with Crippen LogP contribution in [0.2, 0.25) is 0 Å². The van der Waals surface area contributed by atoms with Crippen LogP contribution in [0.1, 0.15) is 49.3 Å². The van der Waals surface area contributed by atoms with Crippen molar-refractivity contribution in [3.63, 3.8) is 0 Å². The molecule has 2 nitrogen and oxygen atoms in total. The minimum Gasteiger partial charge on any atom is -0.309 e. The zero-order valence-electron chi connectivity index (χ0n) is 12.8. The monoisotopic (exact) mass is 272 g/mol. The van der Waals surface area contributed by atoms with E-state index in [1.807, 2.05) is 0 Å². The van der Waals surface area contributed by atoms with Gasteiger partial charge in [0.15, 0.2) is 0 Å². The summed E-state index contributed by atoms with van der Waals surface area (Å²) in [5, 5.41) is 3.70. The Labute approximate surface area is 123 Å². The van der Waals surface area contributed by atoms with Crippen LogP contribution in [0.3, 0.4) is 0 Å². The molecule has 1 heterocycles. The Balaban J connectivity index is 1.46. The first-order valence-electron chi connectivity index (χ1n) is 8.38. The van der Waals surface area contributed by atoms with Gasteiger partial charge in [0.1, 0.15) is 0 Å². The highest BCUT2D eigenvalue weighted by Crippen LogP contribution is 2.22. The first-order valence-corrected chi connectivity index (χ1v) is 8.38. The third-order valence-electron chi connectivity index (χ3n) is 4.80. The molecule has 1 aromatic carbocycles. The number of nitrogens with zero attached hydrogens (tertiary/aromatic N) is 1. The molecule has 1 N–H and O–H groups in total. The van der Waals surface area contributed by atoms with E-state index in [-0.39, 0.29) is 0 Å². The highest BCUT2D eigenvalue weighted by atomic mass is 15.1. The molecule has 0 aromatic heterocycles. The largest absolute Gasteiger partial charge is 0.309 e. The van der Waals surface area contributed by atoms with Crippen molar-refractivity contribution in [2.45, 2.75) is 58.0 Å². The van der Waals surface area contributed by atoms with E-state index in [1.165, 1.54) is 63.7 Å². The van der Waals surface area contributed by atoms with Crippen molar-refractivity contribution in [1.29, 1.82) is 0 Å². The van der Waals surface area contributed by atoms with E-state index in [0.29, 0.717) is 6.04 Å². The van der Waals surface area contributed by atoms with Gasteiger partial charge in [-0.3, -0.25) is 0 Å². The minimum absolute atomic E-state index is 0.585. The van der Waals surface area contributed by atoms with Crippen LogP contribution in [0.5, 0.6) is 0 Å². The maximum atomic E-state index is 3.70. The smallest absolute Gasteiger partial charge is 0.0208 e. The average molecular weight is 272 g/mol. The van der Waals surface area contributed by atoms with Gasteiger partial charge < -0.3 is 10.2 Å². The first-order chi connectivity index (χ1) is 9.81. The molecule has 2 aliphatic rings. The Bertz CT molecular complexity index is 435. The van der Waals surface area contributed by atoms with Crippen LogP contribution in [0.25, 0.3) is 0 Å². The van der Waals surface area contributed by atoms with Crippen LogP contribution in [0.15, 0.2) is 18.2 Å². The zero-order valence-corrected chi connectivity index (χ0v) is 12.8. The van der Waals surface area contributed by atoms with E-state index in [4.69, 9.17) is 0 Å². The van der Waals surface area contributed by atoms with Crippen LogP contribution in [0.4, 0.5) is 0 Å². The molecule has 3 rings (SSSR count). The molecular formula is C18H28N2. The van der Waals surface area contributed by atoms with Gasteiger partial charge in [-0.2, -0.15) is 0 Å². The van der Waals surface area contributed by atoms with E-state index in [0.717, 1.165) is 6.54 Å². The van der Waals surface area contributed by atoms with Gasteiger partial charge in [0.25, 0.3) is 0 Å². The van der Waals surface area contributed by atoms with E-state index in [2.05, 4.69) is 35.3 Å². The molecule has 110 valence electrons. The van der Waals surface area contributed by atoms with Crippen molar-refractivity contribution in [3.8, 4) is 0 Å². The second kappa shape index (κ2) is 6.73. The highest BCUT2D eigenvalue weighted by molar-refractivity contribution is 5.35. The molecule has 1 aromatic rings. The number of hydrogen-bond acceptors (Lipinski definition) is 2. The topological polar surface area (TPSA) is 15.3 Å². The van der Waals surface area contributed by atoms with Gasteiger partial charge in [-0.1, -0.05) is 24.6 Å². The second-order valence-electron chi connectivity index (χ2n) is 6.60.